The molecule has 0 unspecified atom stereocenters. The number of nitrogens with zero attached hydrogens (tertiary/aromatic N) is 3. The molecule has 0 aliphatic carbocycles. The zero-order valence-electron chi connectivity index (χ0n) is 15.1. The van der Waals surface area contributed by atoms with Crippen LogP contribution in [0.5, 0.6) is 11.5 Å². The van der Waals surface area contributed by atoms with E-state index in [0.717, 1.165) is 18.0 Å². The normalized spacial score (nSPS) is 11.3. The van der Waals surface area contributed by atoms with Gasteiger partial charge in [0.15, 0.2) is 5.78 Å². The molecule has 0 saturated carbocycles. The minimum Gasteiger partial charge on any atom is -0.456 e. The number of ether oxygens (including phenoxy) is 1. The van der Waals surface area contributed by atoms with Gasteiger partial charge in [-0.05, 0) is 38.1 Å². The summed E-state index contributed by atoms with van der Waals surface area (Å²) in [7, 11) is 0. The van der Waals surface area contributed by atoms with Crippen molar-refractivity contribution in [2.45, 2.75) is 26.4 Å². The number of halogens is 3. The molecule has 0 bridgehead atoms. The van der Waals surface area contributed by atoms with Crippen LogP contribution in [0.15, 0.2) is 48.7 Å². The first kappa shape index (κ1) is 19.5. The summed E-state index contributed by atoms with van der Waals surface area (Å²) in [5.74, 6) is 0.171. The quantitative estimate of drug-likeness (QED) is 0.593. The van der Waals surface area contributed by atoms with Crippen LogP contribution in [-0.4, -0.2) is 20.7 Å². The third-order valence-electron chi connectivity index (χ3n) is 3.76. The zero-order valence-corrected chi connectivity index (χ0v) is 15.1. The lowest BCUT2D eigenvalue weighted by Crippen LogP contribution is -2.09. The third kappa shape index (κ3) is 4.91. The molecular formula is C20H16F3N3O2. The van der Waals surface area contributed by atoms with Crippen molar-refractivity contribution in [3.63, 3.8) is 0 Å². The molecule has 3 aromatic rings. The second-order valence-electron chi connectivity index (χ2n) is 6.18. The van der Waals surface area contributed by atoms with Crippen molar-refractivity contribution in [1.29, 1.82) is 0 Å². The Morgan fingerprint density at radius 2 is 1.79 bits per heavy atom. The number of hydrogen-bond donors (Lipinski definition) is 0. The van der Waals surface area contributed by atoms with Crippen LogP contribution < -0.4 is 4.74 Å². The van der Waals surface area contributed by atoms with E-state index in [9.17, 15) is 18.0 Å². The summed E-state index contributed by atoms with van der Waals surface area (Å²) in [6.45, 7) is 3.53. The van der Waals surface area contributed by atoms with Gasteiger partial charge in [0, 0.05) is 29.2 Å². The fraction of sp³-hybridized carbons (Fsp3) is 0.200. The van der Waals surface area contributed by atoms with Crippen molar-refractivity contribution in [1.82, 2.24) is 15.0 Å². The fourth-order valence-corrected chi connectivity index (χ4v) is 2.54. The molecule has 8 heteroatoms. The number of ketones is 1. The summed E-state index contributed by atoms with van der Waals surface area (Å²) in [5, 5.41) is 0. The molecule has 0 atom stereocenters. The van der Waals surface area contributed by atoms with Gasteiger partial charge in [-0.2, -0.15) is 13.2 Å². The zero-order chi connectivity index (χ0) is 20.3. The average Bonchev–Trinajstić information content (AvgIpc) is 2.61. The van der Waals surface area contributed by atoms with Crippen molar-refractivity contribution in [3.8, 4) is 11.5 Å². The van der Waals surface area contributed by atoms with Gasteiger partial charge in [-0.1, -0.05) is 6.07 Å². The number of rotatable bonds is 5. The van der Waals surface area contributed by atoms with Gasteiger partial charge >= 0.3 is 6.18 Å². The Morgan fingerprint density at radius 3 is 2.43 bits per heavy atom. The van der Waals surface area contributed by atoms with E-state index in [0.29, 0.717) is 11.4 Å². The molecule has 0 amide bonds. The van der Waals surface area contributed by atoms with Gasteiger partial charge in [0.2, 0.25) is 0 Å². The third-order valence-corrected chi connectivity index (χ3v) is 3.76. The number of hydrogen-bond acceptors (Lipinski definition) is 5. The molecular weight excluding hydrogens is 371 g/mol. The van der Waals surface area contributed by atoms with Gasteiger partial charge in [-0.25, -0.2) is 9.97 Å². The van der Waals surface area contributed by atoms with Crippen LogP contribution in [0.4, 0.5) is 13.2 Å². The van der Waals surface area contributed by atoms with Gasteiger partial charge < -0.3 is 4.74 Å². The van der Waals surface area contributed by atoms with Crippen molar-refractivity contribution in [2.24, 2.45) is 0 Å². The Hall–Kier alpha value is -3.29. The second-order valence-corrected chi connectivity index (χ2v) is 6.18. The number of alkyl halides is 3. The van der Waals surface area contributed by atoms with Crippen molar-refractivity contribution in [2.75, 3.05) is 0 Å². The van der Waals surface area contributed by atoms with E-state index < -0.39 is 11.9 Å². The monoisotopic (exact) mass is 387 g/mol. The van der Waals surface area contributed by atoms with E-state index in [1.54, 1.807) is 19.1 Å². The van der Waals surface area contributed by atoms with E-state index >= 15 is 0 Å². The van der Waals surface area contributed by atoms with E-state index in [1.165, 1.54) is 12.1 Å². The number of Topliss-reactive ketones (excluding diaryl/α,β-unsaturated/α-hetero) is 1. The van der Waals surface area contributed by atoms with E-state index in [-0.39, 0.29) is 29.4 Å². The first-order chi connectivity index (χ1) is 13.2. The van der Waals surface area contributed by atoms with Gasteiger partial charge in [-0.3, -0.25) is 9.78 Å². The maximum absolute atomic E-state index is 12.6. The summed E-state index contributed by atoms with van der Waals surface area (Å²) in [6, 6.07) is 10.4. The number of aromatic nitrogens is 3. The molecule has 0 aliphatic rings. The maximum Gasteiger partial charge on any atom is 0.433 e. The molecule has 3 rings (SSSR count). The van der Waals surface area contributed by atoms with Crippen LogP contribution >= 0.6 is 0 Å². The number of aryl methyl sites for hydroxylation is 2. The largest absolute Gasteiger partial charge is 0.456 e. The predicted molar refractivity (Wildman–Crippen MR) is 95.3 cm³/mol. The minimum atomic E-state index is -4.52. The van der Waals surface area contributed by atoms with Crippen molar-refractivity contribution < 1.29 is 22.7 Å². The topological polar surface area (TPSA) is 65.0 Å². The molecule has 3 heterocycles. The number of pyridine rings is 3. The SMILES string of the molecule is Cc1cccc(CC(=O)c2cc(Oc3ccc(C(F)(F)F)nc3)cc(C)n2)n1. The first-order valence-corrected chi connectivity index (χ1v) is 8.36. The van der Waals surface area contributed by atoms with Crippen molar-refractivity contribution >= 4 is 5.78 Å². The fourth-order valence-electron chi connectivity index (χ4n) is 2.54. The van der Waals surface area contributed by atoms with E-state index in [2.05, 4.69) is 15.0 Å². The molecule has 0 fully saturated rings. The molecule has 0 spiro atoms. The van der Waals surface area contributed by atoms with Crippen LogP contribution in [0.25, 0.3) is 0 Å². The Morgan fingerprint density at radius 1 is 1.00 bits per heavy atom. The lowest BCUT2D eigenvalue weighted by atomic mass is 10.1. The molecule has 0 aromatic carbocycles. The van der Waals surface area contributed by atoms with Gasteiger partial charge in [0.25, 0.3) is 0 Å². The Balaban J connectivity index is 1.78. The lowest BCUT2D eigenvalue weighted by Gasteiger charge is -2.10. The summed E-state index contributed by atoms with van der Waals surface area (Å²) >= 11 is 0. The van der Waals surface area contributed by atoms with Crippen molar-refractivity contribution in [3.05, 3.63) is 77.1 Å². The molecule has 0 N–H and O–H groups in total. The smallest absolute Gasteiger partial charge is 0.433 e. The Bertz CT molecular complexity index is 1000. The van der Waals surface area contributed by atoms with Gasteiger partial charge in [-0.15, -0.1) is 0 Å². The summed E-state index contributed by atoms with van der Waals surface area (Å²) in [5.41, 5.74) is 1.16. The van der Waals surface area contributed by atoms with E-state index in [4.69, 9.17) is 4.74 Å². The molecule has 0 saturated heterocycles. The molecule has 28 heavy (non-hydrogen) atoms. The lowest BCUT2D eigenvalue weighted by molar-refractivity contribution is -0.141. The highest BCUT2D eigenvalue weighted by atomic mass is 19.4. The highest BCUT2D eigenvalue weighted by molar-refractivity contribution is 5.95. The minimum absolute atomic E-state index is 0.0827. The van der Waals surface area contributed by atoms with Crippen LogP contribution in [0.2, 0.25) is 0 Å². The molecule has 0 aliphatic heterocycles. The van der Waals surface area contributed by atoms with Gasteiger partial charge in [0.05, 0.1) is 12.6 Å². The van der Waals surface area contributed by atoms with Crippen LogP contribution in [0.3, 0.4) is 0 Å². The average molecular weight is 387 g/mol. The molecule has 0 radical (unpaired) electrons. The highest BCUT2D eigenvalue weighted by Crippen LogP contribution is 2.29. The molecule has 3 aromatic heterocycles. The van der Waals surface area contributed by atoms with Crippen LogP contribution in [0, 0.1) is 13.8 Å². The first-order valence-electron chi connectivity index (χ1n) is 8.36. The van der Waals surface area contributed by atoms with Gasteiger partial charge in [0.1, 0.15) is 22.9 Å². The second kappa shape index (κ2) is 7.75. The highest BCUT2D eigenvalue weighted by Gasteiger charge is 2.32. The number of carbonyl (C=O) groups excluding carboxylic acids is 1. The maximum atomic E-state index is 12.6. The standard InChI is InChI=1S/C20H16F3N3O2/c1-12-4-3-5-14(25-12)9-18(27)17-10-16(8-13(2)26-17)28-15-6-7-19(24-11-15)20(21,22)23/h3-8,10-11H,9H2,1-2H3. The summed E-state index contributed by atoms with van der Waals surface area (Å²) in [6.07, 6.45) is -3.45. The summed E-state index contributed by atoms with van der Waals surface area (Å²) in [4.78, 5) is 24.4. The Kier molecular flexibility index (Phi) is 5.39. The number of carbonyl (C=O) groups is 1. The van der Waals surface area contributed by atoms with E-state index in [1.807, 2.05) is 19.1 Å². The molecule has 144 valence electrons. The summed E-state index contributed by atoms with van der Waals surface area (Å²) < 4.78 is 43.3. The van der Waals surface area contributed by atoms with Crippen LogP contribution in [-0.2, 0) is 12.6 Å². The van der Waals surface area contributed by atoms with Crippen LogP contribution in [0.1, 0.15) is 33.3 Å². The predicted octanol–water partition coefficient (Wildman–Crippen LogP) is 4.72. The molecule has 5 nitrogen and oxygen atoms in total. The Labute approximate surface area is 159 Å².